The predicted molar refractivity (Wildman–Crippen MR) is 159 cm³/mol. The molecule has 1 aliphatic rings. The SMILES string of the molecule is COCCCNC(=O)C(Cc1ccccc1)N(Cc1ccccc1)C(=O)CCc1ccc(S(=O)(=O)NC2CC2)cc1. The van der Waals surface area contributed by atoms with Gasteiger partial charge in [0.25, 0.3) is 0 Å². The molecule has 9 heteroatoms. The van der Waals surface area contributed by atoms with Crippen LogP contribution in [0.15, 0.2) is 89.8 Å². The fourth-order valence-corrected chi connectivity index (χ4v) is 5.90. The summed E-state index contributed by atoms with van der Waals surface area (Å²) in [6.45, 7) is 1.29. The predicted octanol–water partition coefficient (Wildman–Crippen LogP) is 3.85. The normalized spacial score (nSPS) is 13.9. The number of hydrogen-bond acceptors (Lipinski definition) is 5. The lowest BCUT2D eigenvalue weighted by Crippen LogP contribution is -2.50. The Bertz CT molecular complexity index is 1360. The standard InChI is InChI=1S/C32H39N3O5S/c1-40-22-8-21-33-32(37)30(23-26-9-4-2-5-10-26)35(24-27-11-6-3-7-12-27)31(36)20-15-25-13-18-29(19-14-25)41(38,39)34-28-16-17-28/h2-7,9-14,18-19,28,30,34H,8,15-17,20-24H2,1H3,(H,33,37). The van der Waals surface area contributed by atoms with E-state index in [9.17, 15) is 18.0 Å². The lowest BCUT2D eigenvalue weighted by atomic mass is 10.0. The van der Waals surface area contributed by atoms with Crippen LogP contribution >= 0.6 is 0 Å². The molecular weight excluding hydrogens is 538 g/mol. The molecule has 2 amide bonds. The molecule has 0 bridgehead atoms. The molecule has 4 rings (SSSR count). The van der Waals surface area contributed by atoms with E-state index < -0.39 is 16.1 Å². The average molecular weight is 578 g/mol. The fraction of sp³-hybridized carbons (Fsp3) is 0.375. The molecular formula is C32H39N3O5S. The highest BCUT2D eigenvalue weighted by Gasteiger charge is 2.30. The Balaban J connectivity index is 1.51. The van der Waals surface area contributed by atoms with Gasteiger partial charge in [-0.05, 0) is 54.5 Å². The van der Waals surface area contributed by atoms with Gasteiger partial charge in [-0.1, -0.05) is 72.8 Å². The number of aryl methyl sites for hydroxylation is 1. The minimum Gasteiger partial charge on any atom is -0.385 e. The summed E-state index contributed by atoms with van der Waals surface area (Å²) >= 11 is 0. The first kappa shape index (κ1) is 30.4. The van der Waals surface area contributed by atoms with Crippen molar-refractivity contribution >= 4 is 21.8 Å². The molecule has 1 atom stereocenters. The smallest absolute Gasteiger partial charge is 0.243 e. The lowest BCUT2D eigenvalue weighted by Gasteiger charge is -2.31. The maximum atomic E-state index is 13.8. The number of carbonyl (C=O) groups excluding carboxylic acids is 2. The van der Waals surface area contributed by atoms with Gasteiger partial charge in [0.15, 0.2) is 0 Å². The van der Waals surface area contributed by atoms with Crippen molar-refractivity contribution in [3.63, 3.8) is 0 Å². The number of nitrogens with zero attached hydrogens (tertiary/aromatic N) is 1. The summed E-state index contributed by atoms with van der Waals surface area (Å²) in [4.78, 5) is 29.2. The van der Waals surface area contributed by atoms with E-state index in [1.807, 2.05) is 60.7 Å². The molecule has 0 heterocycles. The van der Waals surface area contributed by atoms with Crippen molar-refractivity contribution in [2.24, 2.45) is 0 Å². The Labute approximate surface area is 243 Å². The molecule has 1 fully saturated rings. The zero-order chi connectivity index (χ0) is 29.1. The molecule has 1 aliphatic carbocycles. The van der Waals surface area contributed by atoms with Crippen LogP contribution < -0.4 is 10.0 Å². The second kappa shape index (κ2) is 14.9. The van der Waals surface area contributed by atoms with Crippen molar-refractivity contribution < 1.29 is 22.7 Å². The molecule has 1 unspecified atom stereocenters. The van der Waals surface area contributed by atoms with Crippen LogP contribution in [0.4, 0.5) is 0 Å². The van der Waals surface area contributed by atoms with Gasteiger partial charge in [0.2, 0.25) is 21.8 Å². The number of benzene rings is 3. The van der Waals surface area contributed by atoms with Crippen LogP contribution in [0, 0.1) is 0 Å². The highest BCUT2D eigenvalue weighted by atomic mass is 32.2. The summed E-state index contributed by atoms with van der Waals surface area (Å²) < 4.78 is 32.8. The van der Waals surface area contributed by atoms with Gasteiger partial charge in [-0.25, -0.2) is 13.1 Å². The number of carbonyl (C=O) groups is 2. The van der Waals surface area contributed by atoms with Crippen molar-refractivity contribution in [3.05, 3.63) is 102 Å². The zero-order valence-corrected chi connectivity index (χ0v) is 24.3. The van der Waals surface area contributed by atoms with Gasteiger partial charge in [-0.2, -0.15) is 0 Å². The van der Waals surface area contributed by atoms with Crippen molar-refractivity contribution in [1.82, 2.24) is 14.9 Å². The van der Waals surface area contributed by atoms with Crippen molar-refractivity contribution in [3.8, 4) is 0 Å². The van der Waals surface area contributed by atoms with Crippen LogP contribution in [-0.4, -0.2) is 57.5 Å². The lowest BCUT2D eigenvalue weighted by molar-refractivity contribution is -0.141. The number of ether oxygens (including phenoxy) is 1. The average Bonchev–Trinajstić information content (AvgIpc) is 3.80. The third-order valence-electron chi connectivity index (χ3n) is 7.05. The Hall–Kier alpha value is -3.53. The molecule has 41 heavy (non-hydrogen) atoms. The first-order chi connectivity index (χ1) is 19.9. The third kappa shape index (κ3) is 9.52. The Kier molecular flexibility index (Phi) is 11.1. The summed E-state index contributed by atoms with van der Waals surface area (Å²) in [7, 11) is -1.91. The largest absolute Gasteiger partial charge is 0.385 e. The van der Waals surface area contributed by atoms with Crippen LogP contribution in [0.2, 0.25) is 0 Å². The quantitative estimate of drug-likeness (QED) is 0.252. The van der Waals surface area contributed by atoms with Crippen LogP contribution in [-0.2, 0) is 43.7 Å². The molecule has 3 aromatic carbocycles. The van der Waals surface area contributed by atoms with E-state index in [1.54, 1.807) is 36.3 Å². The summed E-state index contributed by atoms with van der Waals surface area (Å²) in [6.07, 6.45) is 3.41. The fourth-order valence-electron chi connectivity index (χ4n) is 4.60. The number of methoxy groups -OCH3 is 1. The van der Waals surface area contributed by atoms with Gasteiger partial charge in [-0.3, -0.25) is 9.59 Å². The summed E-state index contributed by atoms with van der Waals surface area (Å²) in [5, 5.41) is 3.00. The Morgan fingerprint density at radius 1 is 0.902 bits per heavy atom. The van der Waals surface area contributed by atoms with Crippen LogP contribution in [0.3, 0.4) is 0 Å². The van der Waals surface area contributed by atoms with Gasteiger partial charge >= 0.3 is 0 Å². The summed E-state index contributed by atoms with van der Waals surface area (Å²) in [6, 6.07) is 25.4. The van der Waals surface area contributed by atoms with E-state index in [-0.39, 0.29) is 29.2 Å². The van der Waals surface area contributed by atoms with Crippen LogP contribution in [0.5, 0.6) is 0 Å². The first-order valence-electron chi connectivity index (χ1n) is 14.1. The van der Waals surface area contributed by atoms with E-state index in [0.717, 1.165) is 29.5 Å². The zero-order valence-electron chi connectivity index (χ0n) is 23.5. The molecule has 8 nitrogen and oxygen atoms in total. The maximum absolute atomic E-state index is 13.8. The van der Waals surface area contributed by atoms with Crippen LogP contribution in [0.25, 0.3) is 0 Å². The van der Waals surface area contributed by atoms with E-state index in [1.165, 1.54) is 0 Å². The highest BCUT2D eigenvalue weighted by Crippen LogP contribution is 2.23. The van der Waals surface area contributed by atoms with Gasteiger partial charge in [0, 0.05) is 45.7 Å². The van der Waals surface area contributed by atoms with E-state index >= 15 is 0 Å². The molecule has 3 aromatic rings. The molecule has 0 aliphatic heterocycles. The van der Waals surface area contributed by atoms with Crippen molar-refractivity contribution in [1.29, 1.82) is 0 Å². The van der Waals surface area contributed by atoms with Gasteiger partial charge in [-0.15, -0.1) is 0 Å². The van der Waals surface area contributed by atoms with Gasteiger partial charge in [0.1, 0.15) is 6.04 Å². The molecule has 2 N–H and O–H groups in total. The van der Waals surface area contributed by atoms with E-state index in [2.05, 4.69) is 10.0 Å². The minimum atomic E-state index is -3.53. The minimum absolute atomic E-state index is 0.0360. The third-order valence-corrected chi connectivity index (χ3v) is 8.59. The number of rotatable bonds is 16. The topological polar surface area (TPSA) is 105 Å². The number of amides is 2. The first-order valence-corrected chi connectivity index (χ1v) is 15.6. The molecule has 0 spiro atoms. The number of hydrogen-bond donors (Lipinski definition) is 2. The monoisotopic (exact) mass is 577 g/mol. The summed E-state index contributed by atoms with van der Waals surface area (Å²) in [5.41, 5.74) is 2.75. The van der Waals surface area contributed by atoms with Crippen molar-refractivity contribution in [2.45, 2.75) is 62.0 Å². The Morgan fingerprint density at radius 3 is 2.15 bits per heavy atom. The molecule has 0 saturated heterocycles. The van der Waals surface area contributed by atoms with Gasteiger partial charge in [0.05, 0.1) is 4.90 Å². The second-order valence-corrected chi connectivity index (χ2v) is 12.1. The summed E-state index contributed by atoms with van der Waals surface area (Å²) in [5.74, 6) is -0.346. The second-order valence-electron chi connectivity index (χ2n) is 10.4. The molecule has 1 saturated carbocycles. The highest BCUT2D eigenvalue weighted by molar-refractivity contribution is 7.89. The number of sulfonamides is 1. The Morgan fingerprint density at radius 2 is 1.54 bits per heavy atom. The maximum Gasteiger partial charge on any atom is 0.243 e. The number of nitrogens with one attached hydrogen (secondary N) is 2. The van der Waals surface area contributed by atoms with Crippen LogP contribution in [0.1, 0.15) is 42.4 Å². The molecule has 0 aromatic heterocycles. The molecule has 218 valence electrons. The van der Waals surface area contributed by atoms with E-state index in [0.29, 0.717) is 39.0 Å². The van der Waals surface area contributed by atoms with Crippen molar-refractivity contribution in [2.75, 3.05) is 20.3 Å². The van der Waals surface area contributed by atoms with Gasteiger partial charge < -0.3 is 15.0 Å². The molecule has 0 radical (unpaired) electrons. The van der Waals surface area contributed by atoms with E-state index in [4.69, 9.17) is 4.74 Å².